The Balaban J connectivity index is 2.69. The summed E-state index contributed by atoms with van der Waals surface area (Å²) in [5, 5.41) is 2.09. The molecular formula is C8H10BrNS. The molecule has 0 saturated heterocycles. The molecule has 0 amide bonds. The second-order valence-electron chi connectivity index (χ2n) is 2.28. The summed E-state index contributed by atoms with van der Waals surface area (Å²) in [5.74, 6) is 0. The maximum Gasteiger partial charge on any atom is 0.0704 e. The van der Waals surface area contributed by atoms with Gasteiger partial charge in [-0.15, -0.1) is 11.3 Å². The van der Waals surface area contributed by atoms with Crippen LogP contribution in [0.1, 0.15) is 12.0 Å². The highest BCUT2D eigenvalue weighted by Gasteiger charge is 1.99. The average Bonchev–Trinajstić information content (AvgIpc) is 2.36. The van der Waals surface area contributed by atoms with Crippen LogP contribution in [0, 0.1) is 0 Å². The molecule has 3 heteroatoms. The third kappa shape index (κ3) is 2.43. The second kappa shape index (κ2) is 4.04. The molecule has 11 heavy (non-hydrogen) atoms. The van der Waals surface area contributed by atoms with Crippen LogP contribution in [0.25, 0.3) is 5.57 Å². The fourth-order valence-corrected chi connectivity index (χ4v) is 2.01. The van der Waals surface area contributed by atoms with Crippen LogP contribution >= 0.6 is 27.3 Å². The summed E-state index contributed by atoms with van der Waals surface area (Å²) >= 11 is 5.07. The van der Waals surface area contributed by atoms with E-state index < -0.39 is 0 Å². The van der Waals surface area contributed by atoms with Gasteiger partial charge in [0.15, 0.2) is 0 Å². The monoisotopic (exact) mass is 231 g/mol. The molecule has 0 aliphatic carbocycles. The molecule has 1 aromatic rings. The zero-order valence-corrected chi connectivity index (χ0v) is 8.54. The van der Waals surface area contributed by atoms with Crippen LogP contribution in [0.2, 0.25) is 0 Å². The van der Waals surface area contributed by atoms with Gasteiger partial charge in [-0.3, -0.25) is 0 Å². The number of hydrogen-bond donors (Lipinski definition) is 1. The predicted octanol–water partition coefficient (Wildman–Crippen LogP) is 2.87. The SMILES string of the molecule is C=C(CCN)c1csc(Br)c1. The number of nitrogens with two attached hydrogens (primary N) is 1. The molecule has 2 N–H and O–H groups in total. The van der Waals surface area contributed by atoms with Crippen LogP contribution in [-0.2, 0) is 0 Å². The van der Waals surface area contributed by atoms with Crippen molar-refractivity contribution in [3.05, 3.63) is 27.4 Å². The quantitative estimate of drug-likeness (QED) is 0.851. The van der Waals surface area contributed by atoms with E-state index in [1.54, 1.807) is 11.3 Å². The van der Waals surface area contributed by atoms with Crippen LogP contribution in [0.5, 0.6) is 0 Å². The lowest BCUT2D eigenvalue weighted by Crippen LogP contribution is -1.98. The van der Waals surface area contributed by atoms with E-state index in [1.165, 1.54) is 5.56 Å². The molecular weight excluding hydrogens is 222 g/mol. The number of thiophene rings is 1. The van der Waals surface area contributed by atoms with Crippen LogP contribution < -0.4 is 5.73 Å². The van der Waals surface area contributed by atoms with Crippen LogP contribution in [0.15, 0.2) is 21.8 Å². The van der Waals surface area contributed by atoms with E-state index in [0.29, 0.717) is 6.54 Å². The molecule has 0 spiro atoms. The van der Waals surface area contributed by atoms with E-state index in [2.05, 4.69) is 34.0 Å². The summed E-state index contributed by atoms with van der Waals surface area (Å²) in [5.41, 5.74) is 7.73. The molecule has 0 aliphatic rings. The zero-order valence-electron chi connectivity index (χ0n) is 6.14. The minimum atomic E-state index is 0.673. The van der Waals surface area contributed by atoms with E-state index in [-0.39, 0.29) is 0 Å². The second-order valence-corrected chi connectivity index (χ2v) is 4.57. The van der Waals surface area contributed by atoms with E-state index in [4.69, 9.17) is 5.73 Å². The lowest BCUT2D eigenvalue weighted by Gasteiger charge is -1.98. The minimum absolute atomic E-state index is 0.673. The van der Waals surface area contributed by atoms with E-state index in [1.807, 2.05) is 0 Å². The van der Waals surface area contributed by atoms with Crippen molar-refractivity contribution in [1.82, 2.24) is 0 Å². The summed E-state index contributed by atoms with van der Waals surface area (Å²) in [6.45, 7) is 4.61. The Morgan fingerprint density at radius 2 is 2.45 bits per heavy atom. The molecule has 0 aromatic carbocycles. The standard InChI is InChI=1S/C8H10BrNS/c1-6(2-3-10)7-4-8(9)11-5-7/h4-5H,1-3,10H2. The molecule has 0 atom stereocenters. The highest BCUT2D eigenvalue weighted by molar-refractivity contribution is 9.11. The first kappa shape index (κ1) is 8.97. The maximum absolute atomic E-state index is 5.40. The molecule has 1 heterocycles. The first-order chi connectivity index (χ1) is 5.24. The molecule has 1 nitrogen and oxygen atoms in total. The molecule has 0 radical (unpaired) electrons. The molecule has 0 unspecified atom stereocenters. The molecule has 1 aromatic heterocycles. The Kier molecular flexibility index (Phi) is 3.30. The van der Waals surface area contributed by atoms with Crippen molar-refractivity contribution in [2.45, 2.75) is 6.42 Å². The summed E-state index contributed by atoms with van der Waals surface area (Å²) in [6.07, 6.45) is 0.878. The number of halogens is 1. The predicted molar refractivity (Wildman–Crippen MR) is 54.7 cm³/mol. The van der Waals surface area contributed by atoms with Crippen molar-refractivity contribution < 1.29 is 0 Å². The van der Waals surface area contributed by atoms with Gasteiger partial charge >= 0.3 is 0 Å². The van der Waals surface area contributed by atoms with E-state index in [0.717, 1.165) is 15.8 Å². The van der Waals surface area contributed by atoms with E-state index >= 15 is 0 Å². The Hall–Kier alpha value is -0.120. The van der Waals surface area contributed by atoms with Gasteiger partial charge in [0, 0.05) is 0 Å². The Bertz CT molecular complexity index is 254. The highest BCUT2D eigenvalue weighted by Crippen LogP contribution is 2.26. The van der Waals surface area contributed by atoms with Crippen LogP contribution in [-0.4, -0.2) is 6.54 Å². The van der Waals surface area contributed by atoms with Gasteiger partial charge in [-0.2, -0.15) is 0 Å². The first-order valence-electron chi connectivity index (χ1n) is 3.36. The molecule has 0 saturated carbocycles. The van der Waals surface area contributed by atoms with E-state index in [9.17, 15) is 0 Å². The van der Waals surface area contributed by atoms with Crippen molar-refractivity contribution in [3.8, 4) is 0 Å². The number of rotatable bonds is 3. The lowest BCUT2D eigenvalue weighted by atomic mass is 10.1. The fourth-order valence-electron chi connectivity index (χ4n) is 0.814. The van der Waals surface area contributed by atoms with Crippen LogP contribution in [0.3, 0.4) is 0 Å². The molecule has 0 aliphatic heterocycles. The Morgan fingerprint density at radius 1 is 1.73 bits per heavy atom. The summed E-state index contributed by atoms with van der Waals surface area (Å²) < 4.78 is 1.14. The summed E-state index contributed by atoms with van der Waals surface area (Å²) in [7, 11) is 0. The highest BCUT2D eigenvalue weighted by atomic mass is 79.9. The zero-order chi connectivity index (χ0) is 8.27. The molecule has 1 rings (SSSR count). The topological polar surface area (TPSA) is 26.0 Å². The van der Waals surface area contributed by atoms with Gasteiger partial charge in [0.2, 0.25) is 0 Å². The van der Waals surface area contributed by atoms with Crippen molar-refractivity contribution in [2.75, 3.05) is 6.54 Å². The summed E-state index contributed by atoms with van der Waals surface area (Å²) in [6, 6.07) is 2.07. The van der Waals surface area contributed by atoms with Crippen molar-refractivity contribution in [2.24, 2.45) is 5.73 Å². The normalized spacial score (nSPS) is 10.0. The number of hydrogen-bond acceptors (Lipinski definition) is 2. The van der Waals surface area contributed by atoms with Gasteiger partial charge in [0.05, 0.1) is 3.79 Å². The van der Waals surface area contributed by atoms with Crippen molar-refractivity contribution >= 4 is 32.8 Å². The Labute approximate surface area is 79.0 Å². The van der Waals surface area contributed by atoms with Gasteiger partial charge in [-0.05, 0) is 51.5 Å². The van der Waals surface area contributed by atoms with Gasteiger partial charge < -0.3 is 5.73 Å². The first-order valence-corrected chi connectivity index (χ1v) is 5.03. The lowest BCUT2D eigenvalue weighted by molar-refractivity contribution is 1.02. The van der Waals surface area contributed by atoms with Crippen LogP contribution in [0.4, 0.5) is 0 Å². The third-order valence-corrected chi connectivity index (χ3v) is 2.93. The third-order valence-electron chi connectivity index (χ3n) is 1.42. The minimum Gasteiger partial charge on any atom is -0.330 e. The largest absolute Gasteiger partial charge is 0.330 e. The van der Waals surface area contributed by atoms with Crippen molar-refractivity contribution in [3.63, 3.8) is 0 Å². The van der Waals surface area contributed by atoms with Crippen molar-refractivity contribution in [1.29, 1.82) is 0 Å². The van der Waals surface area contributed by atoms with Gasteiger partial charge in [-0.25, -0.2) is 0 Å². The van der Waals surface area contributed by atoms with Gasteiger partial charge in [-0.1, -0.05) is 6.58 Å². The smallest absolute Gasteiger partial charge is 0.0704 e. The molecule has 60 valence electrons. The molecule has 0 fully saturated rings. The fraction of sp³-hybridized carbons (Fsp3) is 0.250. The van der Waals surface area contributed by atoms with Gasteiger partial charge in [0.25, 0.3) is 0 Å². The summed E-state index contributed by atoms with van der Waals surface area (Å²) in [4.78, 5) is 0. The van der Waals surface area contributed by atoms with Gasteiger partial charge in [0.1, 0.15) is 0 Å². The Morgan fingerprint density at radius 3 is 2.91 bits per heavy atom. The molecule has 0 bridgehead atoms. The maximum atomic E-state index is 5.40. The average molecular weight is 232 g/mol.